The average molecular weight is 377 g/mol. The van der Waals surface area contributed by atoms with Gasteiger partial charge in [-0.1, -0.05) is 0 Å². The van der Waals surface area contributed by atoms with Crippen LogP contribution in [0, 0.1) is 10.1 Å². The number of nitro benzene ring substituents is 1. The van der Waals surface area contributed by atoms with Crippen LogP contribution in [0.25, 0.3) is 0 Å². The molecule has 0 amide bonds. The van der Waals surface area contributed by atoms with Crippen LogP contribution in [0.3, 0.4) is 0 Å². The summed E-state index contributed by atoms with van der Waals surface area (Å²) in [5.74, 6) is 0.235. The Kier molecular flexibility index (Phi) is 5.66. The van der Waals surface area contributed by atoms with E-state index < -0.39 is 4.92 Å². The third kappa shape index (κ3) is 4.22. The van der Waals surface area contributed by atoms with Gasteiger partial charge in [-0.3, -0.25) is 15.0 Å². The van der Waals surface area contributed by atoms with Crippen molar-refractivity contribution >= 4 is 23.0 Å². The highest BCUT2D eigenvalue weighted by atomic mass is 16.6. The minimum absolute atomic E-state index is 0.0187. The Morgan fingerprint density at radius 1 is 1.26 bits per heavy atom. The molecule has 27 heavy (non-hydrogen) atoms. The van der Waals surface area contributed by atoms with E-state index in [1.807, 2.05) is 0 Å². The normalized spacial score (nSPS) is 21.3. The van der Waals surface area contributed by atoms with E-state index in [1.54, 1.807) is 6.07 Å². The molecule has 1 atom stereocenters. The number of nitrogens with two attached hydrogens (primary N) is 2. The van der Waals surface area contributed by atoms with Gasteiger partial charge in [0.15, 0.2) is 5.96 Å². The van der Waals surface area contributed by atoms with Crippen molar-refractivity contribution < 1.29 is 9.66 Å². The maximum Gasteiger partial charge on any atom is 0.294 e. The summed E-state index contributed by atoms with van der Waals surface area (Å²) in [5, 5.41) is 11.6. The molecule has 0 aliphatic carbocycles. The highest BCUT2D eigenvalue weighted by Gasteiger charge is 2.33. The first-order chi connectivity index (χ1) is 12.9. The summed E-state index contributed by atoms with van der Waals surface area (Å²) in [7, 11) is 3.62. The quantitative estimate of drug-likeness (QED) is 0.325. The molecule has 0 bridgehead atoms. The second-order valence-electron chi connectivity index (χ2n) is 7.03. The van der Waals surface area contributed by atoms with E-state index in [0.29, 0.717) is 17.5 Å². The van der Waals surface area contributed by atoms with Gasteiger partial charge in [0.25, 0.3) is 5.69 Å². The minimum atomic E-state index is -0.399. The van der Waals surface area contributed by atoms with Crippen LogP contribution in [-0.2, 0) is 0 Å². The van der Waals surface area contributed by atoms with Gasteiger partial charge in [-0.25, -0.2) is 4.99 Å². The molecule has 4 N–H and O–H groups in total. The van der Waals surface area contributed by atoms with Gasteiger partial charge in [0.1, 0.15) is 17.1 Å². The smallest absolute Gasteiger partial charge is 0.294 e. The summed E-state index contributed by atoms with van der Waals surface area (Å²) in [6.07, 6.45) is 0.985. The predicted molar refractivity (Wildman–Crippen MR) is 105 cm³/mol. The van der Waals surface area contributed by atoms with Crippen molar-refractivity contribution in [2.75, 3.05) is 58.3 Å². The maximum atomic E-state index is 11.6. The SMILES string of the molecule is COc1cc(N2CC[C@H](N3CCN(C)CC3)C2)c([N+](=O)[O-])cc1N=C(N)N. The van der Waals surface area contributed by atoms with Gasteiger partial charge in [0.05, 0.1) is 12.0 Å². The van der Waals surface area contributed by atoms with Gasteiger partial charge in [-0.2, -0.15) is 0 Å². The Hall–Kier alpha value is -2.59. The fraction of sp³-hybridized carbons (Fsp3) is 0.588. The molecule has 10 heteroatoms. The van der Waals surface area contributed by atoms with E-state index in [1.165, 1.54) is 13.2 Å². The zero-order valence-corrected chi connectivity index (χ0v) is 15.8. The summed E-state index contributed by atoms with van der Waals surface area (Å²) < 4.78 is 5.35. The summed E-state index contributed by atoms with van der Waals surface area (Å²) >= 11 is 0. The number of hydrogen-bond acceptors (Lipinski definition) is 7. The van der Waals surface area contributed by atoms with Gasteiger partial charge in [0, 0.05) is 57.4 Å². The van der Waals surface area contributed by atoms with Crippen molar-refractivity contribution in [3.63, 3.8) is 0 Å². The van der Waals surface area contributed by atoms with Crippen LogP contribution in [0.4, 0.5) is 17.1 Å². The number of nitrogens with zero attached hydrogens (tertiary/aromatic N) is 5. The van der Waals surface area contributed by atoms with Gasteiger partial charge in [-0.05, 0) is 13.5 Å². The van der Waals surface area contributed by atoms with Crippen LogP contribution in [0.5, 0.6) is 5.75 Å². The van der Waals surface area contributed by atoms with E-state index in [4.69, 9.17) is 16.2 Å². The molecule has 0 unspecified atom stereocenters. The molecule has 2 fully saturated rings. The molecule has 1 aromatic carbocycles. The fourth-order valence-corrected chi connectivity index (χ4v) is 3.78. The first-order valence-electron chi connectivity index (χ1n) is 9.02. The predicted octanol–water partition coefficient (Wildman–Crippen LogP) is 0.334. The molecule has 0 aromatic heterocycles. The monoisotopic (exact) mass is 377 g/mol. The van der Waals surface area contributed by atoms with Crippen LogP contribution in [0.1, 0.15) is 6.42 Å². The van der Waals surface area contributed by atoms with Crippen molar-refractivity contribution in [2.24, 2.45) is 16.5 Å². The van der Waals surface area contributed by atoms with E-state index in [0.717, 1.165) is 45.7 Å². The Morgan fingerprint density at radius 3 is 2.56 bits per heavy atom. The lowest BCUT2D eigenvalue weighted by molar-refractivity contribution is -0.384. The molecule has 2 aliphatic rings. The van der Waals surface area contributed by atoms with E-state index in [2.05, 4.69) is 26.7 Å². The van der Waals surface area contributed by atoms with Gasteiger partial charge in [0.2, 0.25) is 0 Å². The summed E-state index contributed by atoms with van der Waals surface area (Å²) in [5.41, 5.74) is 11.6. The number of guanidine groups is 1. The second-order valence-corrected chi connectivity index (χ2v) is 7.03. The Labute approximate surface area is 158 Å². The third-order valence-electron chi connectivity index (χ3n) is 5.28. The van der Waals surface area contributed by atoms with Crippen LogP contribution < -0.4 is 21.1 Å². The minimum Gasteiger partial charge on any atom is -0.494 e. The number of benzene rings is 1. The van der Waals surface area contributed by atoms with Gasteiger partial charge in [-0.15, -0.1) is 0 Å². The topological polar surface area (TPSA) is 126 Å². The molecule has 148 valence electrons. The number of rotatable bonds is 5. The van der Waals surface area contributed by atoms with Crippen molar-refractivity contribution in [3.05, 3.63) is 22.2 Å². The zero-order valence-electron chi connectivity index (χ0n) is 15.8. The fourth-order valence-electron chi connectivity index (χ4n) is 3.78. The number of likely N-dealkylation sites (N-methyl/N-ethyl adjacent to an activating group) is 1. The number of ether oxygens (including phenoxy) is 1. The Morgan fingerprint density at radius 2 is 1.96 bits per heavy atom. The van der Waals surface area contributed by atoms with Crippen LogP contribution >= 0.6 is 0 Å². The maximum absolute atomic E-state index is 11.6. The van der Waals surface area contributed by atoms with Crippen molar-refractivity contribution in [1.29, 1.82) is 0 Å². The highest BCUT2D eigenvalue weighted by molar-refractivity contribution is 5.82. The molecular formula is C17H27N7O3. The number of anilines is 1. The van der Waals surface area contributed by atoms with Crippen molar-refractivity contribution in [3.8, 4) is 5.75 Å². The first kappa shape index (κ1) is 19.2. The van der Waals surface area contributed by atoms with Crippen LogP contribution in [0.15, 0.2) is 17.1 Å². The standard InChI is InChI=1S/C17H27N7O3/c1-21-5-7-22(8-6-21)12-3-4-23(11-12)14-10-16(27-2)13(20-17(18)19)9-15(14)24(25)26/h9-10,12H,3-8,11H2,1-2H3,(H4,18,19,20)/t12-/m0/s1. The lowest BCUT2D eigenvalue weighted by Crippen LogP contribution is -2.49. The van der Waals surface area contributed by atoms with Crippen LogP contribution in [-0.4, -0.2) is 80.2 Å². The molecule has 1 aromatic rings. The van der Waals surface area contributed by atoms with Gasteiger partial charge >= 0.3 is 0 Å². The molecule has 10 nitrogen and oxygen atoms in total. The summed E-state index contributed by atoms with van der Waals surface area (Å²) in [6.45, 7) is 5.70. The number of hydrogen-bond donors (Lipinski definition) is 2. The summed E-state index contributed by atoms with van der Waals surface area (Å²) in [6, 6.07) is 3.44. The lowest BCUT2D eigenvalue weighted by Gasteiger charge is -2.36. The molecular weight excluding hydrogens is 350 g/mol. The highest BCUT2D eigenvalue weighted by Crippen LogP contribution is 2.41. The lowest BCUT2D eigenvalue weighted by atomic mass is 10.2. The Balaban J connectivity index is 1.85. The zero-order chi connectivity index (χ0) is 19.6. The Bertz CT molecular complexity index is 727. The average Bonchev–Trinajstić information content (AvgIpc) is 3.11. The summed E-state index contributed by atoms with van der Waals surface area (Å²) in [4.78, 5) is 22.1. The largest absolute Gasteiger partial charge is 0.494 e. The molecule has 3 rings (SSSR count). The van der Waals surface area contributed by atoms with Crippen LogP contribution in [0.2, 0.25) is 0 Å². The number of piperazine rings is 1. The number of aliphatic imine (C=N–C) groups is 1. The number of methoxy groups -OCH3 is 1. The van der Waals surface area contributed by atoms with E-state index >= 15 is 0 Å². The molecule has 0 saturated carbocycles. The number of nitro groups is 1. The van der Waals surface area contributed by atoms with Crippen molar-refractivity contribution in [2.45, 2.75) is 12.5 Å². The molecule has 2 saturated heterocycles. The molecule has 0 spiro atoms. The van der Waals surface area contributed by atoms with E-state index in [9.17, 15) is 10.1 Å². The first-order valence-corrected chi connectivity index (χ1v) is 9.02. The molecule has 2 heterocycles. The second kappa shape index (κ2) is 7.97. The molecule has 0 radical (unpaired) electrons. The van der Waals surface area contributed by atoms with Gasteiger partial charge < -0.3 is 26.0 Å². The third-order valence-corrected chi connectivity index (χ3v) is 5.28. The molecule has 2 aliphatic heterocycles. The van der Waals surface area contributed by atoms with E-state index in [-0.39, 0.29) is 17.3 Å². The van der Waals surface area contributed by atoms with Crippen molar-refractivity contribution in [1.82, 2.24) is 9.80 Å².